The van der Waals surface area contributed by atoms with Gasteiger partial charge in [-0.05, 0) is 33.6 Å². The molecule has 5 heteroatoms. The van der Waals surface area contributed by atoms with E-state index in [0.717, 1.165) is 0 Å². The quantitative estimate of drug-likeness (QED) is 0.816. The third-order valence-electron chi connectivity index (χ3n) is 2.20. The van der Waals surface area contributed by atoms with Crippen LogP contribution in [0.1, 0.15) is 80.1 Å². The van der Waals surface area contributed by atoms with Crippen LogP contribution in [0.2, 0.25) is 0 Å². The van der Waals surface area contributed by atoms with Gasteiger partial charge in [0.25, 0.3) is 0 Å². The van der Waals surface area contributed by atoms with Crippen LogP contribution in [0.5, 0.6) is 0 Å². The van der Waals surface area contributed by atoms with Crippen molar-refractivity contribution in [1.82, 2.24) is 5.32 Å². The lowest BCUT2D eigenvalue weighted by molar-refractivity contribution is -0.124. The molecule has 1 aliphatic carbocycles. The number of nitrogens with two attached hydrogens (primary N) is 1. The first-order chi connectivity index (χ1) is 10.2. The van der Waals surface area contributed by atoms with Crippen LogP contribution in [0.25, 0.3) is 0 Å². The number of hydrogen-bond acceptors (Lipinski definition) is 4. The molecule has 0 aromatic heterocycles. The highest BCUT2D eigenvalue weighted by Crippen LogP contribution is 2.13. The summed E-state index contributed by atoms with van der Waals surface area (Å²) in [7, 11) is 0. The van der Waals surface area contributed by atoms with E-state index in [4.69, 9.17) is 5.73 Å². The Kier molecular flexibility index (Phi) is 23.1. The molecule has 0 heterocycles. The zero-order chi connectivity index (χ0) is 18.0. The van der Waals surface area contributed by atoms with E-state index in [0.29, 0.717) is 31.8 Å². The van der Waals surface area contributed by atoms with Gasteiger partial charge < -0.3 is 20.6 Å². The average molecular weight is 316 g/mol. The zero-order valence-electron chi connectivity index (χ0n) is 15.3. The van der Waals surface area contributed by atoms with Crippen LogP contribution in [-0.2, 0) is 14.4 Å². The average Bonchev–Trinajstić information content (AvgIpc) is 3.21. The molecule has 0 bridgehead atoms. The summed E-state index contributed by atoms with van der Waals surface area (Å²) in [6.07, 6.45) is 5.12. The molecule has 0 radical (unpaired) electrons. The van der Waals surface area contributed by atoms with Gasteiger partial charge in [0.1, 0.15) is 11.6 Å². The molecule has 22 heavy (non-hydrogen) atoms. The largest absolute Gasteiger partial charge is 0.356 e. The van der Waals surface area contributed by atoms with Crippen LogP contribution in [0.4, 0.5) is 0 Å². The molecular weight excluding hydrogens is 280 g/mol. The van der Waals surface area contributed by atoms with Crippen LogP contribution in [0, 0.1) is 0 Å². The van der Waals surface area contributed by atoms with Crippen molar-refractivity contribution in [3.63, 3.8) is 0 Å². The van der Waals surface area contributed by atoms with E-state index < -0.39 is 0 Å². The number of rotatable bonds is 5. The van der Waals surface area contributed by atoms with Crippen LogP contribution in [0.3, 0.4) is 0 Å². The predicted molar refractivity (Wildman–Crippen MR) is 92.7 cm³/mol. The summed E-state index contributed by atoms with van der Waals surface area (Å²) in [4.78, 5) is 30.9. The van der Waals surface area contributed by atoms with Crippen molar-refractivity contribution in [2.75, 3.05) is 6.54 Å². The van der Waals surface area contributed by atoms with Crippen LogP contribution in [0.15, 0.2) is 0 Å². The number of ketones is 2. The Morgan fingerprint density at radius 2 is 1.32 bits per heavy atom. The number of carbonyl (C=O) groups is 3. The van der Waals surface area contributed by atoms with Crippen molar-refractivity contribution in [2.45, 2.75) is 86.1 Å². The monoisotopic (exact) mass is 316 g/mol. The third-order valence-corrected chi connectivity index (χ3v) is 2.20. The van der Waals surface area contributed by atoms with E-state index in [-0.39, 0.29) is 17.5 Å². The SMILES string of the molecule is CCC.CCC(C)=O.CCNC(=O)CCC(C)=O.NC1CC1. The number of carbonyl (C=O) groups excluding carboxylic acids is 3. The topological polar surface area (TPSA) is 89.3 Å². The van der Waals surface area contributed by atoms with Crippen LogP contribution >= 0.6 is 0 Å². The third kappa shape index (κ3) is 42.8. The first-order valence-electron chi connectivity index (χ1n) is 8.25. The Morgan fingerprint density at radius 3 is 1.50 bits per heavy atom. The molecule has 0 saturated heterocycles. The van der Waals surface area contributed by atoms with Crippen molar-refractivity contribution < 1.29 is 14.4 Å². The highest BCUT2D eigenvalue weighted by atomic mass is 16.2. The molecule has 3 N–H and O–H groups in total. The van der Waals surface area contributed by atoms with Crippen LogP contribution < -0.4 is 11.1 Å². The fourth-order valence-electron chi connectivity index (χ4n) is 0.671. The van der Waals surface area contributed by atoms with Gasteiger partial charge in [-0.3, -0.25) is 4.79 Å². The van der Waals surface area contributed by atoms with E-state index in [2.05, 4.69) is 19.2 Å². The fourth-order valence-corrected chi connectivity index (χ4v) is 0.671. The van der Waals surface area contributed by atoms with Gasteiger partial charge in [-0.15, -0.1) is 0 Å². The van der Waals surface area contributed by atoms with E-state index in [9.17, 15) is 14.4 Å². The maximum Gasteiger partial charge on any atom is 0.220 e. The molecule has 5 nitrogen and oxygen atoms in total. The molecule has 0 atom stereocenters. The van der Waals surface area contributed by atoms with E-state index in [1.807, 2.05) is 13.8 Å². The molecule has 1 amide bonds. The molecule has 0 aromatic carbocycles. The molecule has 1 fully saturated rings. The molecule has 0 aliphatic heterocycles. The minimum absolute atomic E-state index is 0.0438. The molecule has 132 valence electrons. The summed E-state index contributed by atoms with van der Waals surface area (Å²) in [5.74, 6) is 0.272. The lowest BCUT2D eigenvalue weighted by Gasteiger charge is -1.98. The summed E-state index contributed by atoms with van der Waals surface area (Å²) in [6, 6.07) is 0.583. The first-order valence-corrected chi connectivity index (χ1v) is 8.25. The van der Waals surface area contributed by atoms with Crippen molar-refractivity contribution >= 4 is 17.5 Å². The highest BCUT2D eigenvalue weighted by molar-refractivity contribution is 5.83. The molecule has 0 unspecified atom stereocenters. The first kappa shape index (κ1) is 25.7. The van der Waals surface area contributed by atoms with Gasteiger partial charge in [0, 0.05) is 31.8 Å². The van der Waals surface area contributed by atoms with Gasteiger partial charge in [0.15, 0.2) is 0 Å². The summed E-state index contributed by atoms with van der Waals surface area (Å²) >= 11 is 0. The summed E-state index contributed by atoms with van der Waals surface area (Å²) in [5, 5.41) is 2.61. The molecule has 0 aromatic rings. The lowest BCUT2D eigenvalue weighted by atomic mass is 10.2. The summed E-state index contributed by atoms with van der Waals surface area (Å²) in [6.45, 7) is 11.7. The second-order valence-electron chi connectivity index (χ2n) is 5.26. The van der Waals surface area contributed by atoms with E-state index in [1.165, 1.54) is 26.2 Å². The van der Waals surface area contributed by atoms with E-state index in [1.54, 1.807) is 6.92 Å². The maximum atomic E-state index is 10.7. The Labute approximate surface area is 136 Å². The van der Waals surface area contributed by atoms with Crippen molar-refractivity contribution in [3.05, 3.63) is 0 Å². The van der Waals surface area contributed by atoms with Crippen molar-refractivity contribution in [2.24, 2.45) is 5.73 Å². The standard InChI is InChI=1S/C7H13NO2.C4H8O.C3H7N.C3H8/c1-3-8-7(10)5-4-6(2)9;1-3-4(2)5;4-3-1-2-3;1-3-2/h3-5H2,1-2H3,(H,8,10);3H2,1-2H3;3H,1-2,4H2;3H2,1-2H3. The van der Waals surface area contributed by atoms with Gasteiger partial charge in [0.2, 0.25) is 5.91 Å². The van der Waals surface area contributed by atoms with E-state index >= 15 is 0 Å². The second-order valence-corrected chi connectivity index (χ2v) is 5.26. The lowest BCUT2D eigenvalue weighted by Crippen LogP contribution is -2.22. The normalized spacial score (nSPS) is 11.4. The molecular formula is C17H36N2O3. The Morgan fingerprint density at radius 1 is 0.955 bits per heavy atom. The number of hydrogen-bond donors (Lipinski definition) is 2. The fraction of sp³-hybridized carbons (Fsp3) is 0.824. The van der Waals surface area contributed by atoms with Crippen molar-refractivity contribution in [1.29, 1.82) is 0 Å². The minimum atomic E-state index is -0.0438. The van der Waals surface area contributed by atoms with Gasteiger partial charge >= 0.3 is 0 Å². The molecule has 1 aliphatic rings. The minimum Gasteiger partial charge on any atom is -0.356 e. The Balaban J connectivity index is -0.000000249. The van der Waals surface area contributed by atoms with Crippen molar-refractivity contribution in [3.8, 4) is 0 Å². The number of nitrogens with one attached hydrogen (secondary N) is 1. The Bertz CT molecular complexity index is 288. The van der Waals surface area contributed by atoms with Gasteiger partial charge in [-0.25, -0.2) is 0 Å². The molecule has 1 saturated carbocycles. The summed E-state index contributed by atoms with van der Waals surface area (Å²) < 4.78 is 0. The molecule has 0 spiro atoms. The van der Waals surface area contributed by atoms with Crippen LogP contribution in [-0.4, -0.2) is 30.1 Å². The highest BCUT2D eigenvalue weighted by Gasteiger charge is 2.13. The maximum absolute atomic E-state index is 10.7. The predicted octanol–water partition coefficient (Wildman–Crippen LogP) is 3.00. The number of amides is 1. The molecule has 1 rings (SSSR count). The summed E-state index contributed by atoms with van der Waals surface area (Å²) in [5.41, 5.74) is 5.22. The zero-order valence-corrected chi connectivity index (χ0v) is 15.3. The number of Topliss-reactive ketones (excluding diaryl/α,β-unsaturated/α-hetero) is 2. The smallest absolute Gasteiger partial charge is 0.220 e. The Hall–Kier alpha value is -1.23. The van der Waals surface area contributed by atoms with Gasteiger partial charge in [0.05, 0.1) is 0 Å². The van der Waals surface area contributed by atoms with Gasteiger partial charge in [-0.2, -0.15) is 0 Å². The van der Waals surface area contributed by atoms with Gasteiger partial charge in [-0.1, -0.05) is 27.2 Å². The second kappa shape index (κ2) is 19.8.